The van der Waals surface area contributed by atoms with Gasteiger partial charge in [0, 0.05) is 11.3 Å². The Kier molecular flexibility index (Phi) is 2.21. The van der Waals surface area contributed by atoms with Crippen LogP contribution in [-0.4, -0.2) is 18.3 Å². The van der Waals surface area contributed by atoms with Gasteiger partial charge in [0.25, 0.3) is 0 Å². The monoisotopic (exact) mass is 142 g/mol. The molecule has 0 saturated carbocycles. The molecule has 1 atom stereocenters. The third kappa shape index (κ3) is 1.97. The molecule has 0 aromatic carbocycles. The minimum atomic E-state index is -0.0527. The molecule has 0 bridgehead atoms. The molecular weight excluding hydrogens is 126 g/mol. The SMILES string of the molecule is CC(C)(C)[PH+]1[B-]CCC1. The molecule has 9 heavy (non-hydrogen) atoms. The molecule has 1 unspecified atom stereocenters. The molecule has 1 heterocycles. The van der Waals surface area contributed by atoms with Crippen LogP contribution in [0.1, 0.15) is 27.2 Å². The average molecular weight is 142 g/mol. The minimum Gasteiger partial charge on any atom is -0.218 e. The summed E-state index contributed by atoms with van der Waals surface area (Å²) in [5.41, 5.74) is 0. The van der Waals surface area contributed by atoms with Crippen molar-refractivity contribution >= 4 is 14.8 Å². The van der Waals surface area contributed by atoms with Crippen LogP contribution in [0, 0.1) is 0 Å². The van der Waals surface area contributed by atoms with Crippen molar-refractivity contribution in [2.24, 2.45) is 0 Å². The van der Waals surface area contributed by atoms with Crippen molar-refractivity contribution in [3.63, 3.8) is 0 Å². The van der Waals surface area contributed by atoms with E-state index in [0.29, 0.717) is 5.16 Å². The molecule has 0 nitrogen and oxygen atoms in total. The van der Waals surface area contributed by atoms with Crippen LogP contribution in [0.25, 0.3) is 0 Å². The third-order valence-corrected chi connectivity index (χ3v) is 5.60. The summed E-state index contributed by atoms with van der Waals surface area (Å²) < 4.78 is 0. The van der Waals surface area contributed by atoms with Gasteiger partial charge in [0.2, 0.25) is 0 Å². The highest BCUT2D eigenvalue weighted by atomic mass is 31.1. The normalized spacial score (nSPS) is 29.0. The van der Waals surface area contributed by atoms with Crippen molar-refractivity contribution in [1.82, 2.24) is 0 Å². The van der Waals surface area contributed by atoms with Crippen molar-refractivity contribution in [3.8, 4) is 0 Å². The molecule has 2 heteroatoms. The van der Waals surface area contributed by atoms with E-state index < -0.39 is 0 Å². The van der Waals surface area contributed by atoms with Crippen molar-refractivity contribution in [2.75, 3.05) is 6.16 Å². The first kappa shape index (κ1) is 7.60. The molecule has 1 aliphatic rings. The van der Waals surface area contributed by atoms with Crippen LogP contribution < -0.4 is 0 Å². The molecular formula is C7H16BP. The van der Waals surface area contributed by atoms with E-state index in [2.05, 4.69) is 27.8 Å². The van der Waals surface area contributed by atoms with Crippen LogP contribution in [-0.2, 0) is 0 Å². The summed E-state index contributed by atoms with van der Waals surface area (Å²) in [4.78, 5) is 0. The second-order valence-electron chi connectivity index (χ2n) is 3.87. The van der Waals surface area contributed by atoms with Crippen LogP contribution in [0.2, 0.25) is 6.32 Å². The zero-order valence-corrected chi connectivity index (χ0v) is 7.70. The van der Waals surface area contributed by atoms with E-state index in [1.165, 1.54) is 18.9 Å². The van der Waals surface area contributed by atoms with E-state index in [1.54, 1.807) is 0 Å². The zero-order valence-electron chi connectivity index (χ0n) is 6.70. The minimum absolute atomic E-state index is 0.0527. The molecule has 0 spiro atoms. The number of hydrogen-bond acceptors (Lipinski definition) is 0. The summed E-state index contributed by atoms with van der Waals surface area (Å²) in [6.07, 6.45) is 4.38. The van der Waals surface area contributed by atoms with Gasteiger partial charge < -0.3 is 0 Å². The van der Waals surface area contributed by atoms with Gasteiger partial charge in [-0.1, -0.05) is 13.4 Å². The van der Waals surface area contributed by atoms with Crippen molar-refractivity contribution in [3.05, 3.63) is 0 Å². The topological polar surface area (TPSA) is 0 Å². The maximum Gasteiger partial charge on any atom is 0.0248 e. The fraction of sp³-hybridized carbons (Fsp3) is 1.00. The molecule has 0 aromatic rings. The lowest BCUT2D eigenvalue weighted by atomic mass is 10.0. The lowest BCUT2D eigenvalue weighted by Crippen LogP contribution is -2.12. The van der Waals surface area contributed by atoms with Gasteiger partial charge >= 0.3 is 0 Å². The largest absolute Gasteiger partial charge is 0.218 e. The Morgan fingerprint density at radius 1 is 1.33 bits per heavy atom. The highest BCUT2D eigenvalue weighted by Gasteiger charge is 2.24. The molecule has 1 fully saturated rings. The van der Waals surface area contributed by atoms with E-state index in [-0.39, 0.29) is 7.80 Å². The number of rotatable bonds is 0. The molecule has 0 amide bonds. The fourth-order valence-electron chi connectivity index (χ4n) is 1.35. The smallest absolute Gasteiger partial charge is 0.0248 e. The summed E-state index contributed by atoms with van der Waals surface area (Å²) in [6, 6.07) is 0. The standard InChI is InChI=1S/C7H16BP/c1-7(2,3)9-6-4-5-8-9/h9H,4-6H2,1-3H3. The zero-order chi connectivity index (χ0) is 6.91. The van der Waals surface area contributed by atoms with Crippen molar-refractivity contribution in [2.45, 2.75) is 38.7 Å². The van der Waals surface area contributed by atoms with E-state index in [9.17, 15) is 0 Å². The van der Waals surface area contributed by atoms with Crippen LogP contribution in [0.4, 0.5) is 0 Å². The van der Waals surface area contributed by atoms with Gasteiger partial charge in [0.15, 0.2) is 0 Å². The van der Waals surface area contributed by atoms with Crippen LogP contribution in [0.5, 0.6) is 0 Å². The van der Waals surface area contributed by atoms with E-state index >= 15 is 0 Å². The first-order valence-corrected chi connectivity index (χ1v) is 5.58. The molecule has 0 aliphatic carbocycles. The highest BCUT2D eigenvalue weighted by molar-refractivity contribution is 7.87. The van der Waals surface area contributed by atoms with Gasteiger partial charge in [-0.2, -0.15) is 6.32 Å². The summed E-state index contributed by atoms with van der Waals surface area (Å²) >= 11 is 0. The lowest BCUT2D eigenvalue weighted by molar-refractivity contribution is 0.789. The van der Waals surface area contributed by atoms with Crippen molar-refractivity contribution in [1.29, 1.82) is 0 Å². The molecule has 1 aliphatic heterocycles. The Bertz CT molecular complexity index is 89.6. The molecule has 0 aromatic heterocycles. The maximum absolute atomic E-state index is 2.59. The lowest BCUT2D eigenvalue weighted by Gasteiger charge is -2.28. The Morgan fingerprint density at radius 3 is 2.22 bits per heavy atom. The Balaban J connectivity index is 2.42. The molecule has 1 rings (SSSR count). The van der Waals surface area contributed by atoms with Crippen LogP contribution in [0.15, 0.2) is 0 Å². The second kappa shape index (κ2) is 2.62. The average Bonchev–Trinajstić information content (AvgIpc) is 2.08. The van der Waals surface area contributed by atoms with Crippen LogP contribution >= 0.6 is 7.80 Å². The van der Waals surface area contributed by atoms with Gasteiger partial charge in [-0.05, 0) is 20.8 Å². The Hall–Kier alpha value is 0.495. The summed E-state index contributed by atoms with van der Waals surface area (Å²) in [7, 11) is -0.0527. The third-order valence-electron chi connectivity index (χ3n) is 2.00. The van der Waals surface area contributed by atoms with Gasteiger partial charge in [-0.3, -0.25) is 0 Å². The first-order chi connectivity index (χ1) is 4.11. The van der Waals surface area contributed by atoms with Crippen molar-refractivity contribution < 1.29 is 0 Å². The Morgan fingerprint density at radius 2 is 2.00 bits per heavy atom. The van der Waals surface area contributed by atoms with Gasteiger partial charge in [0.1, 0.15) is 0 Å². The maximum atomic E-state index is 2.59. The van der Waals surface area contributed by atoms with E-state index in [0.717, 1.165) is 0 Å². The van der Waals surface area contributed by atoms with E-state index in [1.807, 2.05) is 0 Å². The first-order valence-electron chi connectivity index (χ1n) is 3.80. The summed E-state index contributed by atoms with van der Waals surface area (Å²) in [5.74, 6) is 0. The second-order valence-corrected chi connectivity index (χ2v) is 7.33. The van der Waals surface area contributed by atoms with Gasteiger partial charge in [0.05, 0.1) is 0 Å². The molecule has 0 N–H and O–H groups in total. The highest BCUT2D eigenvalue weighted by Crippen LogP contribution is 2.52. The summed E-state index contributed by atoms with van der Waals surface area (Å²) in [6.45, 7) is 9.72. The molecule has 2 radical (unpaired) electrons. The summed E-state index contributed by atoms with van der Waals surface area (Å²) in [5, 5.41) is 0.626. The number of hydrogen-bond donors (Lipinski definition) is 0. The molecule has 52 valence electrons. The Labute approximate surface area is 60.4 Å². The fourth-order valence-corrected chi connectivity index (χ4v) is 4.06. The predicted molar refractivity (Wildman–Crippen MR) is 48.1 cm³/mol. The van der Waals surface area contributed by atoms with Gasteiger partial charge in [-0.15, -0.1) is 0 Å². The van der Waals surface area contributed by atoms with Crippen LogP contribution in [0.3, 0.4) is 0 Å². The quantitative estimate of drug-likeness (QED) is 0.360. The molecule has 1 saturated heterocycles. The van der Waals surface area contributed by atoms with Gasteiger partial charge in [-0.25, -0.2) is 7.80 Å². The predicted octanol–water partition coefficient (Wildman–Crippen LogP) is 2.44. The van der Waals surface area contributed by atoms with E-state index in [4.69, 9.17) is 0 Å².